The summed E-state index contributed by atoms with van der Waals surface area (Å²) in [5.74, 6) is 1.26. The lowest BCUT2D eigenvalue weighted by Crippen LogP contribution is -2.45. The average molecular weight is 389 g/mol. The van der Waals surface area contributed by atoms with E-state index in [0.29, 0.717) is 19.1 Å². The van der Waals surface area contributed by atoms with Crippen molar-refractivity contribution in [2.24, 2.45) is 15.9 Å². The first-order valence-corrected chi connectivity index (χ1v) is 9.43. The molecule has 0 radical (unpaired) electrons. The van der Waals surface area contributed by atoms with E-state index in [9.17, 15) is 8.78 Å². The Kier molecular flexibility index (Phi) is 4.09. The van der Waals surface area contributed by atoms with Crippen molar-refractivity contribution < 1.29 is 18.3 Å². The number of aliphatic imine (C=N–C) groups is 2. The highest BCUT2D eigenvalue weighted by Crippen LogP contribution is 2.41. The molecular formula is C19H21F2N5O2. The van der Waals surface area contributed by atoms with E-state index in [1.807, 2.05) is 18.0 Å². The molecule has 148 valence electrons. The quantitative estimate of drug-likeness (QED) is 0.861. The van der Waals surface area contributed by atoms with Crippen LogP contribution in [0.15, 0.2) is 40.0 Å². The molecule has 5 rings (SSSR count). The Hall–Kier alpha value is -2.52. The van der Waals surface area contributed by atoms with E-state index in [4.69, 9.17) is 0 Å². The second-order valence-corrected chi connectivity index (χ2v) is 7.45. The zero-order valence-electron chi connectivity index (χ0n) is 15.5. The minimum absolute atomic E-state index is 0.0827. The summed E-state index contributed by atoms with van der Waals surface area (Å²) in [5.41, 5.74) is 6.34. The molecule has 4 heterocycles. The minimum Gasteiger partial charge on any atom is -0.395 e. The summed E-state index contributed by atoms with van der Waals surface area (Å²) < 4.78 is 35.5. The predicted octanol–water partition coefficient (Wildman–Crippen LogP) is 2.71. The van der Waals surface area contributed by atoms with Crippen LogP contribution in [0, 0.1) is 5.92 Å². The van der Waals surface area contributed by atoms with E-state index in [-0.39, 0.29) is 11.5 Å². The van der Waals surface area contributed by atoms with Crippen LogP contribution in [-0.4, -0.2) is 47.6 Å². The van der Waals surface area contributed by atoms with E-state index >= 15 is 0 Å². The second kappa shape index (κ2) is 6.52. The van der Waals surface area contributed by atoms with Gasteiger partial charge in [0.25, 0.3) is 0 Å². The van der Waals surface area contributed by atoms with Gasteiger partial charge in [0.1, 0.15) is 6.67 Å². The molecule has 9 heteroatoms. The highest BCUT2D eigenvalue weighted by Gasteiger charge is 2.43. The van der Waals surface area contributed by atoms with E-state index in [1.54, 1.807) is 12.1 Å². The number of guanidine groups is 1. The third-order valence-corrected chi connectivity index (χ3v) is 5.34. The summed E-state index contributed by atoms with van der Waals surface area (Å²) in [6.45, 7) is 5.06. The molecule has 28 heavy (non-hydrogen) atoms. The first-order valence-electron chi connectivity index (χ1n) is 9.43. The summed E-state index contributed by atoms with van der Waals surface area (Å²) in [6.07, 6.45) is 0.704. The van der Waals surface area contributed by atoms with Gasteiger partial charge in [-0.3, -0.25) is 4.90 Å². The molecule has 0 bridgehead atoms. The lowest BCUT2D eigenvalue weighted by atomic mass is 9.92. The number of ether oxygens (including phenoxy) is 2. The first-order chi connectivity index (χ1) is 13.5. The van der Waals surface area contributed by atoms with Crippen molar-refractivity contribution in [3.8, 4) is 11.5 Å². The number of piperidine rings is 1. The van der Waals surface area contributed by atoms with Gasteiger partial charge in [0.15, 0.2) is 11.5 Å². The number of alkyl halides is 2. The maximum absolute atomic E-state index is 13.2. The maximum Gasteiger partial charge on any atom is 0.586 e. The molecule has 1 aromatic rings. The van der Waals surface area contributed by atoms with Crippen LogP contribution in [0.5, 0.6) is 11.5 Å². The van der Waals surface area contributed by atoms with Crippen LogP contribution in [-0.2, 0) is 6.54 Å². The number of benzene rings is 1. The SMILES string of the molecule is CC1=NC2=NCNN2C(C2CCCN(Cc3ccc4c(c3)OC(F)(F)O4)C2)=C1. The van der Waals surface area contributed by atoms with Gasteiger partial charge in [0.05, 0.1) is 0 Å². The van der Waals surface area contributed by atoms with Gasteiger partial charge in [-0.1, -0.05) is 6.07 Å². The Balaban J connectivity index is 1.30. The van der Waals surface area contributed by atoms with Crippen LogP contribution in [0.25, 0.3) is 0 Å². The van der Waals surface area contributed by atoms with Crippen molar-refractivity contribution in [2.45, 2.75) is 32.6 Å². The Bertz CT molecular complexity index is 898. The van der Waals surface area contributed by atoms with E-state index in [2.05, 4.69) is 35.9 Å². The standard InChI is InChI=1S/C19H21F2N5O2/c1-12-7-15(26-18(24-12)22-11-23-26)14-3-2-6-25(10-14)9-13-4-5-16-17(8-13)28-19(20,21)27-16/h4-5,7-8,14,23H,2-3,6,9-11H2,1H3. The van der Waals surface area contributed by atoms with Crippen molar-refractivity contribution in [1.29, 1.82) is 0 Å². The van der Waals surface area contributed by atoms with Crippen LogP contribution in [0.1, 0.15) is 25.3 Å². The number of nitrogens with one attached hydrogen (secondary N) is 1. The Morgan fingerprint density at radius 2 is 2.14 bits per heavy atom. The molecule has 7 nitrogen and oxygen atoms in total. The Labute approximate surface area is 161 Å². The molecule has 1 aromatic carbocycles. The Morgan fingerprint density at radius 3 is 3.04 bits per heavy atom. The van der Waals surface area contributed by atoms with Gasteiger partial charge in [-0.05, 0) is 50.1 Å². The third kappa shape index (κ3) is 3.24. The highest BCUT2D eigenvalue weighted by atomic mass is 19.3. The van der Waals surface area contributed by atoms with Gasteiger partial charge < -0.3 is 9.47 Å². The summed E-state index contributed by atoms with van der Waals surface area (Å²) in [6, 6.07) is 5.01. The molecule has 4 aliphatic heterocycles. The van der Waals surface area contributed by atoms with E-state index in [0.717, 1.165) is 43.2 Å². The second-order valence-electron chi connectivity index (χ2n) is 7.45. The van der Waals surface area contributed by atoms with Gasteiger partial charge in [-0.15, -0.1) is 8.78 Å². The van der Waals surface area contributed by atoms with Crippen LogP contribution < -0.4 is 14.9 Å². The van der Waals surface area contributed by atoms with E-state index in [1.165, 1.54) is 5.70 Å². The maximum atomic E-state index is 13.2. The number of fused-ring (bicyclic) bond motifs is 2. The van der Waals surface area contributed by atoms with Gasteiger partial charge in [0, 0.05) is 30.4 Å². The Morgan fingerprint density at radius 1 is 1.29 bits per heavy atom. The number of allylic oxidation sites excluding steroid dienone is 1. The fraction of sp³-hybridized carbons (Fsp3) is 0.474. The average Bonchev–Trinajstić information content (AvgIpc) is 3.23. The number of nitrogens with zero attached hydrogens (tertiary/aromatic N) is 4. The fourth-order valence-corrected chi connectivity index (χ4v) is 4.17. The van der Waals surface area contributed by atoms with Crippen molar-refractivity contribution in [1.82, 2.24) is 15.3 Å². The highest BCUT2D eigenvalue weighted by molar-refractivity contribution is 6.05. The number of halogens is 2. The van der Waals surface area contributed by atoms with Crippen molar-refractivity contribution in [3.05, 3.63) is 35.5 Å². The molecule has 0 amide bonds. The lowest BCUT2D eigenvalue weighted by molar-refractivity contribution is -0.286. The molecule has 1 atom stereocenters. The smallest absolute Gasteiger partial charge is 0.395 e. The number of hydrogen-bond donors (Lipinski definition) is 1. The van der Waals surface area contributed by atoms with E-state index < -0.39 is 6.29 Å². The zero-order chi connectivity index (χ0) is 19.3. The molecule has 0 aliphatic carbocycles. The van der Waals surface area contributed by atoms with Crippen molar-refractivity contribution in [3.63, 3.8) is 0 Å². The molecule has 0 saturated carbocycles. The molecular weight excluding hydrogens is 368 g/mol. The van der Waals surface area contributed by atoms with Crippen molar-refractivity contribution in [2.75, 3.05) is 19.8 Å². The lowest BCUT2D eigenvalue weighted by Gasteiger charge is -2.37. The summed E-state index contributed by atoms with van der Waals surface area (Å²) in [5, 5.41) is 1.99. The molecule has 0 aromatic heterocycles. The first kappa shape index (κ1) is 17.6. The molecule has 1 fully saturated rings. The summed E-state index contributed by atoms with van der Waals surface area (Å²) in [7, 11) is 0. The molecule has 1 N–H and O–H groups in total. The number of rotatable bonds is 3. The van der Waals surface area contributed by atoms with Gasteiger partial charge in [-0.2, -0.15) is 0 Å². The fourth-order valence-electron chi connectivity index (χ4n) is 4.17. The number of hydrazine groups is 1. The van der Waals surface area contributed by atoms with Gasteiger partial charge in [-0.25, -0.2) is 20.4 Å². The largest absolute Gasteiger partial charge is 0.586 e. The van der Waals surface area contributed by atoms with Crippen LogP contribution in [0.3, 0.4) is 0 Å². The van der Waals surface area contributed by atoms with Crippen molar-refractivity contribution >= 4 is 11.7 Å². The predicted molar refractivity (Wildman–Crippen MR) is 99.1 cm³/mol. The monoisotopic (exact) mass is 389 g/mol. The van der Waals surface area contributed by atoms with Crippen LogP contribution in [0.2, 0.25) is 0 Å². The summed E-state index contributed by atoms with van der Waals surface area (Å²) >= 11 is 0. The molecule has 1 unspecified atom stereocenters. The molecule has 0 spiro atoms. The zero-order valence-corrected chi connectivity index (χ0v) is 15.5. The van der Waals surface area contributed by atoms with Crippen LogP contribution >= 0.6 is 0 Å². The molecule has 4 aliphatic rings. The topological polar surface area (TPSA) is 61.7 Å². The summed E-state index contributed by atoms with van der Waals surface area (Å²) in [4.78, 5) is 11.2. The van der Waals surface area contributed by atoms with Crippen LogP contribution in [0.4, 0.5) is 8.78 Å². The van der Waals surface area contributed by atoms with Gasteiger partial charge in [0.2, 0.25) is 5.96 Å². The minimum atomic E-state index is -3.58. The molecule has 1 saturated heterocycles. The van der Waals surface area contributed by atoms with Gasteiger partial charge >= 0.3 is 6.29 Å². The normalized spacial score (nSPS) is 25.9. The third-order valence-electron chi connectivity index (χ3n) is 5.34. The number of likely N-dealkylation sites (tertiary alicyclic amines) is 1. The number of hydrogen-bond acceptors (Lipinski definition) is 7.